The summed E-state index contributed by atoms with van der Waals surface area (Å²) in [6, 6.07) is 7.43. The van der Waals surface area contributed by atoms with Gasteiger partial charge in [-0.3, -0.25) is 4.79 Å². The van der Waals surface area contributed by atoms with E-state index in [1.54, 1.807) is 7.11 Å². The molecule has 5 heteroatoms. The second-order valence-corrected chi connectivity index (χ2v) is 5.10. The number of ether oxygens (including phenoxy) is 1. The molecular weight excluding hydrogens is 266 g/mol. The number of amides is 1. The lowest BCUT2D eigenvalue weighted by molar-refractivity contribution is -0.122. The van der Waals surface area contributed by atoms with Gasteiger partial charge in [-0.2, -0.15) is 0 Å². The van der Waals surface area contributed by atoms with Crippen LogP contribution in [0.15, 0.2) is 24.3 Å². The summed E-state index contributed by atoms with van der Waals surface area (Å²) in [5.41, 5.74) is 7.53. The zero-order valence-electron chi connectivity index (χ0n) is 13.3. The van der Waals surface area contributed by atoms with E-state index < -0.39 is 0 Å². The van der Waals surface area contributed by atoms with E-state index in [2.05, 4.69) is 17.1 Å². The molecule has 1 aromatic carbocycles. The number of methoxy groups -OCH3 is 1. The van der Waals surface area contributed by atoms with Crippen LogP contribution in [0.1, 0.15) is 26.7 Å². The predicted octanol–water partition coefficient (Wildman–Crippen LogP) is 2.03. The third-order valence-corrected chi connectivity index (χ3v) is 3.34. The molecule has 0 radical (unpaired) electrons. The molecule has 0 spiro atoms. The van der Waals surface area contributed by atoms with Gasteiger partial charge < -0.3 is 20.7 Å². The van der Waals surface area contributed by atoms with Crippen molar-refractivity contribution in [2.24, 2.45) is 0 Å². The Hall–Kier alpha value is -1.75. The SMILES string of the molecule is CCCN(c1cccc(N)c1)C(C)C(=O)NCCCOC. The van der Waals surface area contributed by atoms with Gasteiger partial charge >= 0.3 is 0 Å². The lowest BCUT2D eigenvalue weighted by Crippen LogP contribution is -2.46. The molecule has 1 unspecified atom stereocenters. The number of carbonyl (C=O) groups is 1. The molecule has 1 atom stereocenters. The molecule has 5 nitrogen and oxygen atoms in total. The number of nitrogens with zero attached hydrogens (tertiary/aromatic N) is 1. The molecular formula is C16H27N3O2. The van der Waals surface area contributed by atoms with Crippen LogP contribution in [0.3, 0.4) is 0 Å². The highest BCUT2D eigenvalue weighted by atomic mass is 16.5. The fourth-order valence-corrected chi connectivity index (χ4v) is 2.21. The van der Waals surface area contributed by atoms with Crippen molar-refractivity contribution in [1.29, 1.82) is 0 Å². The molecule has 21 heavy (non-hydrogen) atoms. The van der Waals surface area contributed by atoms with Gasteiger partial charge in [0.15, 0.2) is 0 Å². The maximum Gasteiger partial charge on any atom is 0.242 e. The molecule has 0 aliphatic rings. The zero-order chi connectivity index (χ0) is 15.7. The van der Waals surface area contributed by atoms with Crippen LogP contribution in [0.25, 0.3) is 0 Å². The summed E-state index contributed by atoms with van der Waals surface area (Å²) >= 11 is 0. The standard InChI is InChI=1S/C16H27N3O2/c1-4-10-19(15-8-5-7-14(17)12-15)13(2)16(20)18-9-6-11-21-3/h5,7-8,12-13H,4,6,9-11,17H2,1-3H3,(H,18,20). The summed E-state index contributed by atoms with van der Waals surface area (Å²) in [4.78, 5) is 14.3. The van der Waals surface area contributed by atoms with Gasteiger partial charge in [0.25, 0.3) is 0 Å². The molecule has 0 fully saturated rings. The van der Waals surface area contributed by atoms with Crippen molar-refractivity contribution >= 4 is 17.3 Å². The fourth-order valence-electron chi connectivity index (χ4n) is 2.21. The van der Waals surface area contributed by atoms with Gasteiger partial charge in [0.05, 0.1) is 0 Å². The summed E-state index contributed by atoms with van der Waals surface area (Å²) in [5.74, 6) is 0.0296. The molecule has 3 N–H and O–H groups in total. The first-order chi connectivity index (χ1) is 10.1. The summed E-state index contributed by atoms with van der Waals surface area (Å²) in [6.45, 7) is 6.12. The maximum absolute atomic E-state index is 12.3. The van der Waals surface area contributed by atoms with Gasteiger partial charge in [-0.25, -0.2) is 0 Å². The van der Waals surface area contributed by atoms with E-state index in [1.807, 2.05) is 31.2 Å². The van der Waals surface area contributed by atoms with Gasteiger partial charge in [0.1, 0.15) is 6.04 Å². The minimum Gasteiger partial charge on any atom is -0.399 e. The van der Waals surface area contributed by atoms with Gasteiger partial charge in [0.2, 0.25) is 5.91 Å². The van der Waals surface area contributed by atoms with Crippen molar-refractivity contribution in [3.8, 4) is 0 Å². The lowest BCUT2D eigenvalue weighted by Gasteiger charge is -2.30. The van der Waals surface area contributed by atoms with Crippen LogP contribution in [-0.2, 0) is 9.53 Å². The molecule has 1 rings (SSSR count). The topological polar surface area (TPSA) is 67.6 Å². The Morgan fingerprint density at radius 3 is 2.86 bits per heavy atom. The number of nitrogens with two attached hydrogens (primary N) is 1. The zero-order valence-corrected chi connectivity index (χ0v) is 13.3. The van der Waals surface area contributed by atoms with Crippen molar-refractivity contribution in [3.05, 3.63) is 24.3 Å². The highest BCUT2D eigenvalue weighted by molar-refractivity contribution is 5.85. The number of anilines is 2. The number of rotatable bonds is 9. The van der Waals surface area contributed by atoms with Crippen LogP contribution in [0.5, 0.6) is 0 Å². The van der Waals surface area contributed by atoms with E-state index in [4.69, 9.17) is 10.5 Å². The van der Waals surface area contributed by atoms with E-state index in [1.165, 1.54) is 0 Å². The monoisotopic (exact) mass is 293 g/mol. The number of hydrogen-bond donors (Lipinski definition) is 2. The van der Waals surface area contributed by atoms with Gasteiger partial charge in [-0.05, 0) is 38.0 Å². The molecule has 1 amide bonds. The lowest BCUT2D eigenvalue weighted by atomic mass is 10.2. The van der Waals surface area contributed by atoms with Crippen LogP contribution >= 0.6 is 0 Å². The average molecular weight is 293 g/mol. The Morgan fingerprint density at radius 2 is 2.24 bits per heavy atom. The van der Waals surface area contributed by atoms with Gasteiger partial charge in [0, 0.05) is 38.2 Å². The summed E-state index contributed by atoms with van der Waals surface area (Å²) < 4.78 is 4.98. The Labute approximate surface area is 127 Å². The van der Waals surface area contributed by atoms with Crippen molar-refractivity contribution in [3.63, 3.8) is 0 Å². The highest BCUT2D eigenvalue weighted by Gasteiger charge is 2.20. The first-order valence-corrected chi connectivity index (χ1v) is 7.49. The molecule has 1 aromatic rings. The second kappa shape index (κ2) is 9.23. The molecule has 0 aliphatic carbocycles. The number of carbonyl (C=O) groups excluding carboxylic acids is 1. The Morgan fingerprint density at radius 1 is 1.48 bits per heavy atom. The normalized spacial score (nSPS) is 12.0. The van der Waals surface area contributed by atoms with E-state index in [9.17, 15) is 4.79 Å². The maximum atomic E-state index is 12.3. The van der Waals surface area contributed by atoms with Crippen LogP contribution in [-0.4, -0.2) is 38.8 Å². The van der Waals surface area contributed by atoms with Crippen LogP contribution < -0.4 is 16.0 Å². The quantitative estimate of drug-likeness (QED) is 0.540. The second-order valence-electron chi connectivity index (χ2n) is 5.10. The van der Waals surface area contributed by atoms with Gasteiger partial charge in [-0.1, -0.05) is 13.0 Å². The summed E-state index contributed by atoms with van der Waals surface area (Å²) in [7, 11) is 1.66. The van der Waals surface area contributed by atoms with Crippen LogP contribution in [0.2, 0.25) is 0 Å². The van der Waals surface area contributed by atoms with E-state index in [-0.39, 0.29) is 11.9 Å². The fraction of sp³-hybridized carbons (Fsp3) is 0.562. The number of hydrogen-bond acceptors (Lipinski definition) is 4. The number of nitrogen functional groups attached to an aromatic ring is 1. The van der Waals surface area contributed by atoms with Crippen molar-refractivity contribution < 1.29 is 9.53 Å². The third-order valence-electron chi connectivity index (χ3n) is 3.34. The van der Waals surface area contributed by atoms with Crippen LogP contribution in [0.4, 0.5) is 11.4 Å². The molecule has 118 valence electrons. The molecule has 0 aromatic heterocycles. The van der Waals surface area contributed by atoms with Crippen molar-refractivity contribution in [2.45, 2.75) is 32.7 Å². The van der Waals surface area contributed by atoms with Crippen molar-refractivity contribution in [2.75, 3.05) is 37.4 Å². The van der Waals surface area contributed by atoms with Crippen LogP contribution in [0, 0.1) is 0 Å². The largest absolute Gasteiger partial charge is 0.399 e. The highest BCUT2D eigenvalue weighted by Crippen LogP contribution is 2.20. The Balaban J connectivity index is 2.68. The Bertz CT molecular complexity index is 437. The summed E-state index contributed by atoms with van der Waals surface area (Å²) in [5, 5.41) is 2.95. The minimum absolute atomic E-state index is 0.0296. The smallest absolute Gasteiger partial charge is 0.242 e. The molecule has 0 saturated heterocycles. The van der Waals surface area contributed by atoms with Gasteiger partial charge in [-0.15, -0.1) is 0 Å². The molecule has 0 saturated carbocycles. The first-order valence-electron chi connectivity index (χ1n) is 7.49. The van der Waals surface area contributed by atoms with E-state index in [0.717, 1.165) is 25.1 Å². The van der Waals surface area contributed by atoms with E-state index in [0.29, 0.717) is 18.8 Å². The molecule has 0 bridgehead atoms. The van der Waals surface area contributed by atoms with E-state index >= 15 is 0 Å². The summed E-state index contributed by atoms with van der Waals surface area (Å²) in [6.07, 6.45) is 1.79. The third kappa shape index (κ3) is 5.63. The molecule has 0 heterocycles. The predicted molar refractivity (Wildman–Crippen MR) is 87.5 cm³/mol. The first kappa shape index (κ1) is 17.3. The van der Waals surface area contributed by atoms with Crippen molar-refractivity contribution in [1.82, 2.24) is 5.32 Å². The number of benzene rings is 1. The average Bonchev–Trinajstić information content (AvgIpc) is 2.48. The number of nitrogens with one attached hydrogen (secondary N) is 1. The molecule has 0 aliphatic heterocycles. The minimum atomic E-state index is -0.228. The Kier molecular flexibility index (Phi) is 7.61.